The Labute approximate surface area is 131 Å². The SMILES string of the molecule is Nc1cc(Br)cc(C(=O)c2ccc(Br)c(Cl)c2F)c1. The topological polar surface area (TPSA) is 43.1 Å². The molecule has 0 saturated carbocycles. The van der Waals surface area contributed by atoms with Gasteiger partial charge in [-0.25, -0.2) is 4.39 Å². The van der Waals surface area contributed by atoms with Crippen LogP contribution >= 0.6 is 43.5 Å². The second kappa shape index (κ2) is 5.61. The van der Waals surface area contributed by atoms with E-state index in [0.717, 1.165) is 0 Å². The summed E-state index contributed by atoms with van der Waals surface area (Å²) in [5, 5.41) is -0.117. The quantitative estimate of drug-likeness (QED) is 0.441. The molecule has 0 aliphatic heterocycles. The smallest absolute Gasteiger partial charge is 0.196 e. The van der Waals surface area contributed by atoms with Gasteiger partial charge < -0.3 is 5.73 Å². The van der Waals surface area contributed by atoms with Crippen LogP contribution in [0.5, 0.6) is 0 Å². The number of hydrogen-bond acceptors (Lipinski definition) is 2. The lowest BCUT2D eigenvalue weighted by atomic mass is 10.0. The predicted molar refractivity (Wildman–Crippen MR) is 81.1 cm³/mol. The first-order chi connectivity index (χ1) is 8.90. The summed E-state index contributed by atoms with van der Waals surface area (Å²) in [5.74, 6) is -1.22. The van der Waals surface area contributed by atoms with Crippen LogP contribution < -0.4 is 5.73 Å². The number of rotatable bonds is 2. The molecule has 98 valence electrons. The Morgan fingerprint density at radius 3 is 2.53 bits per heavy atom. The first-order valence-corrected chi connectivity index (χ1v) is 7.11. The first kappa shape index (κ1) is 14.5. The highest BCUT2D eigenvalue weighted by Gasteiger charge is 2.18. The monoisotopic (exact) mass is 405 g/mol. The fraction of sp³-hybridized carbons (Fsp3) is 0. The molecular weight excluding hydrogens is 400 g/mol. The molecule has 0 atom stereocenters. The second-order valence-electron chi connectivity index (χ2n) is 3.83. The van der Waals surface area contributed by atoms with Gasteiger partial charge in [-0.2, -0.15) is 0 Å². The lowest BCUT2D eigenvalue weighted by molar-refractivity contribution is 0.103. The van der Waals surface area contributed by atoms with Crippen LogP contribution in [0.25, 0.3) is 0 Å². The number of benzene rings is 2. The third kappa shape index (κ3) is 2.99. The molecule has 6 heteroatoms. The molecule has 0 spiro atoms. The summed E-state index contributed by atoms with van der Waals surface area (Å²) in [7, 11) is 0. The van der Waals surface area contributed by atoms with E-state index in [0.29, 0.717) is 20.2 Å². The van der Waals surface area contributed by atoms with Crippen molar-refractivity contribution in [1.82, 2.24) is 0 Å². The molecular formula is C13H7Br2ClFNO. The lowest BCUT2D eigenvalue weighted by Gasteiger charge is -2.07. The van der Waals surface area contributed by atoms with Crippen molar-refractivity contribution in [3.05, 3.63) is 61.2 Å². The van der Waals surface area contributed by atoms with Gasteiger partial charge in [0, 0.05) is 20.2 Å². The summed E-state index contributed by atoms with van der Waals surface area (Å²) in [6, 6.07) is 7.63. The van der Waals surface area contributed by atoms with Crippen LogP contribution in [-0.2, 0) is 0 Å². The first-order valence-electron chi connectivity index (χ1n) is 5.14. The van der Waals surface area contributed by atoms with Crippen molar-refractivity contribution in [1.29, 1.82) is 0 Å². The summed E-state index contributed by atoms with van der Waals surface area (Å²) in [6.45, 7) is 0. The molecule has 0 unspecified atom stereocenters. The molecule has 0 aliphatic rings. The molecule has 2 aromatic carbocycles. The van der Waals surface area contributed by atoms with Crippen LogP contribution in [0.1, 0.15) is 15.9 Å². The maximum Gasteiger partial charge on any atom is 0.196 e. The largest absolute Gasteiger partial charge is 0.399 e. The summed E-state index contributed by atoms with van der Waals surface area (Å²) in [6.07, 6.45) is 0. The van der Waals surface area contributed by atoms with Crippen LogP contribution in [0.3, 0.4) is 0 Å². The zero-order chi connectivity index (χ0) is 14.2. The number of halogens is 4. The predicted octanol–water partition coefficient (Wildman–Crippen LogP) is 4.82. The van der Waals surface area contributed by atoms with Crippen LogP contribution in [0.4, 0.5) is 10.1 Å². The molecule has 0 heterocycles. The third-order valence-electron chi connectivity index (χ3n) is 2.46. The maximum atomic E-state index is 14.0. The van der Waals surface area contributed by atoms with Crippen molar-refractivity contribution in [2.75, 3.05) is 5.73 Å². The van der Waals surface area contributed by atoms with Gasteiger partial charge in [-0.15, -0.1) is 0 Å². The molecule has 0 radical (unpaired) electrons. The van der Waals surface area contributed by atoms with Gasteiger partial charge in [0.05, 0.1) is 10.6 Å². The van der Waals surface area contributed by atoms with E-state index < -0.39 is 11.6 Å². The number of nitrogens with two attached hydrogens (primary N) is 1. The molecule has 0 amide bonds. The molecule has 2 N–H and O–H groups in total. The fourth-order valence-electron chi connectivity index (χ4n) is 1.60. The number of anilines is 1. The number of hydrogen-bond donors (Lipinski definition) is 1. The normalized spacial score (nSPS) is 10.5. The average Bonchev–Trinajstić information content (AvgIpc) is 2.34. The van der Waals surface area contributed by atoms with Crippen LogP contribution in [0, 0.1) is 5.82 Å². The molecule has 0 aliphatic carbocycles. The molecule has 2 nitrogen and oxygen atoms in total. The Morgan fingerprint density at radius 1 is 1.21 bits per heavy atom. The van der Waals surface area contributed by atoms with Crippen molar-refractivity contribution >= 4 is 54.9 Å². The zero-order valence-corrected chi connectivity index (χ0v) is 13.3. The fourth-order valence-corrected chi connectivity index (χ4v) is 2.58. The minimum absolute atomic E-state index is 0.0919. The Bertz CT molecular complexity index is 656. The average molecular weight is 407 g/mol. The number of ketones is 1. The van der Waals surface area contributed by atoms with Crippen LogP contribution in [0.15, 0.2) is 39.3 Å². The number of nitrogen functional groups attached to an aromatic ring is 1. The minimum atomic E-state index is -0.750. The van der Waals surface area contributed by atoms with Crippen molar-refractivity contribution < 1.29 is 9.18 Å². The lowest BCUT2D eigenvalue weighted by Crippen LogP contribution is -2.05. The van der Waals surface area contributed by atoms with E-state index in [1.165, 1.54) is 18.2 Å². The number of carbonyl (C=O) groups is 1. The van der Waals surface area contributed by atoms with Gasteiger partial charge in [-0.1, -0.05) is 27.5 Å². The van der Waals surface area contributed by atoms with E-state index in [9.17, 15) is 9.18 Å². The van der Waals surface area contributed by atoms with Gasteiger partial charge in [-0.05, 0) is 46.3 Å². The Kier molecular flexibility index (Phi) is 4.28. The molecule has 2 rings (SSSR count). The van der Waals surface area contributed by atoms with E-state index in [1.807, 2.05) is 0 Å². The Morgan fingerprint density at radius 2 is 1.89 bits per heavy atom. The van der Waals surface area contributed by atoms with Gasteiger partial charge >= 0.3 is 0 Å². The van der Waals surface area contributed by atoms with E-state index in [2.05, 4.69) is 31.9 Å². The highest BCUT2D eigenvalue weighted by Crippen LogP contribution is 2.29. The molecule has 0 saturated heterocycles. The van der Waals surface area contributed by atoms with Crippen molar-refractivity contribution in [3.8, 4) is 0 Å². The van der Waals surface area contributed by atoms with Crippen molar-refractivity contribution in [3.63, 3.8) is 0 Å². The van der Waals surface area contributed by atoms with Gasteiger partial charge in [0.1, 0.15) is 0 Å². The summed E-state index contributed by atoms with van der Waals surface area (Å²) in [4.78, 5) is 12.2. The van der Waals surface area contributed by atoms with Gasteiger partial charge in [0.25, 0.3) is 0 Å². The highest BCUT2D eigenvalue weighted by atomic mass is 79.9. The van der Waals surface area contributed by atoms with Crippen LogP contribution in [-0.4, -0.2) is 5.78 Å². The molecule has 2 aromatic rings. The van der Waals surface area contributed by atoms with Gasteiger partial charge in [0.2, 0.25) is 0 Å². The number of carbonyl (C=O) groups excluding carboxylic acids is 1. The van der Waals surface area contributed by atoms with Crippen molar-refractivity contribution in [2.45, 2.75) is 0 Å². The van der Waals surface area contributed by atoms with Crippen LogP contribution in [0.2, 0.25) is 5.02 Å². The molecule has 19 heavy (non-hydrogen) atoms. The second-order valence-corrected chi connectivity index (χ2v) is 5.97. The summed E-state index contributed by atoms with van der Waals surface area (Å²) in [5.41, 5.74) is 6.28. The van der Waals surface area contributed by atoms with E-state index in [-0.39, 0.29) is 10.6 Å². The highest BCUT2D eigenvalue weighted by molar-refractivity contribution is 9.10. The third-order valence-corrected chi connectivity index (χ3v) is 4.18. The minimum Gasteiger partial charge on any atom is -0.399 e. The van der Waals surface area contributed by atoms with E-state index in [4.69, 9.17) is 17.3 Å². The molecule has 0 fully saturated rings. The van der Waals surface area contributed by atoms with E-state index in [1.54, 1.807) is 12.1 Å². The van der Waals surface area contributed by atoms with Gasteiger partial charge in [-0.3, -0.25) is 4.79 Å². The summed E-state index contributed by atoms with van der Waals surface area (Å²) < 4.78 is 15.0. The van der Waals surface area contributed by atoms with Crippen molar-refractivity contribution in [2.24, 2.45) is 0 Å². The van der Waals surface area contributed by atoms with E-state index >= 15 is 0 Å². The maximum absolute atomic E-state index is 14.0. The van der Waals surface area contributed by atoms with Gasteiger partial charge in [0.15, 0.2) is 11.6 Å². The molecule has 0 bridgehead atoms. The zero-order valence-electron chi connectivity index (χ0n) is 9.38. The Balaban J connectivity index is 2.53. The molecule has 0 aromatic heterocycles. The Hall–Kier alpha value is -0.910. The standard InChI is InChI=1S/C13H7Br2ClFNO/c14-7-3-6(4-8(18)5-7)13(19)9-1-2-10(15)11(16)12(9)17/h1-5H,18H2. The summed E-state index contributed by atoms with van der Waals surface area (Å²) >= 11 is 12.1.